The molecule has 0 saturated heterocycles. The van der Waals surface area contributed by atoms with Gasteiger partial charge in [-0.15, -0.1) is 0 Å². The number of fused-ring (bicyclic) bond motifs is 1. The van der Waals surface area contributed by atoms with Gasteiger partial charge >= 0.3 is 0 Å². The lowest BCUT2D eigenvalue weighted by Crippen LogP contribution is -2.08. The second-order valence-electron chi connectivity index (χ2n) is 4.91. The van der Waals surface area contributed by atoms with Crippen LogP contribution in [-0.4, -0.2) is 14.7 Å². The molecule has 1 atom stereocenters. The van der Waals surface area contributed by atoms with E-state index in [-0.39, 0.29) is 0 Å². The fourth-order valence-electron chi connectivity index (χ4n) is 2.26. The molecule has 1 unspecified atom stereocenters. The third-order valence-corrected chi connectivity index (χ3v) is 3.88. The topological polar surface area (TPSA) is 38.0 Å². The van der Waals surface area contributed by atoms with Crippen molar-refractivity contribution in [2.24, 2.45) is 0 Å². The average molecular weight is 287 g/mol. The third kappa shape index (κ3) is 2.42. The molecule has 0 bridgehead atoms. The van der Waals surface area contributed by atoms with E-state index >= 15 is 0 Å². The van der Waals surface area contributed by atoms with Crippen LogP contribution in [0.3, 0.4) is 0 Å². The quantitative estimate of drug-likeness (QED) is 0.797. The Hall–Kier alpha value is -1.84. The van der Waals surface area contributed by atoms with Crippen LogP contribution < -0.4 is 0 Å². The summed E-state index contributed by atoms with van der Waals surface area (Å²) in [5, 5.41) is 11.0. The standard InChI is InChI=1S/C16H15ClN2O/c1-11-6-7-12(8-13(11)17)16(20)9-19-10-18-14-4-2-3-5-15(14)19/h2-8,10,16,20H,9H2,1H3. The van der Waals surface area contributed by atoms with E-state index in [1.807, 2.05) is 54.0 Å². The number of benzene rings is 2. The Morgan fingerprint density at radius 2 is 2.05 bits per heavy atom. The molecule has 0 amide bonds. The molecule has 1 aromatic heterocycles. The summed E-state index contributed by atoms with van der Waals surface area (Å²) in [6.45, 7) is 2.40. The summed E-state index contributed by atoms with van der Waals surface area (Å²) in [7, 11) is 0. The number of hydrogen-bond donors (Lipinski definition) is 1. The van der Waals surface area contributed by atoms with E-state index in [1.165, 1.54) is 0 Å². The Morgan fingerprint density at radius 3 is 2.85 bits per heavy atom. The molecule has 0 aliphatic rings. The van der Waals surface area contributed by atoms with Crippen molar-refractivity contribution in [2.45, 2.75) is 19.6 Å². The fraction of sp³-hybridized carbons (Fsp3) is 0.188. The number of imidazole rings is 1. The molecule has 1 N–H and O–H groups in total. The van der Waals surface area contributed by atoms with Gasteiger partial charge in [-0.2, -0.15) is 0 Å². The number of rotatable bonds is 3. The van der Waals surface area contributed by atoms with Crippen molar-refractivity contribution < 1.29 is 5.11 Å². The monoisotopic (exact) mass is 286 g/mol. The van der Waals surface area contributed by atoms with Crippen molar-refractivity contribution >= 4 is 22.6 Å². The Labute approximate surface area is 122 Å². The van der Waals surface area contributed by atoms with Crippen LogP contribution in [0.4, 0.5) is 0 Å². The maximum absolute atomic E-state index is 10.4. The van der Waals surface area contributed by atoms with Crippen molar-refractivity contribution in [1.29, 1.82) is 0 Å². The highest BCUT2D eigenvalue weighted by Crippen LogP contribution is 2.23. The van der Waals surface area contributed by atoms with Gasteiger partial charge in [0.1, 0.15) is 0 Å². The Morgan fingerprint density at radius 1 is 1.25 bits per heavy atom. The number of nitrogens with zero attached hydrogens (tertiary/aromatic N) is 2. The number of halogens is 1. The molecular weight excluding hydrogens is 272 g/mol. The molecule has 4 heteroatoms. The van der Waals surface area contributed by atoms with Crippen molar-refractivity contribution in [3.8, 4) is 0 Å². The van der Waals surface area contributed by atoms with Crippen molar-refractivity contribution in [3.63, 3.8) is 0 Å². The van der Waals surface area contributed by atoms with Gasteiger partial charge < -0.3 is 9.67 Å². The van der Waals surface area contributed by atoms with Crippen molar-refractivity contribution in [1.82, 2.24) is 9.55 Å². The number of aliphatic hydroxyl groups is 1. The van der Waals surface area contributed by atoms with Gasteiger partial charge in [0.25, 0.3) is 0 Å². The van der Waals surface area contributed by atoms with E-state index in [4.69, 9.17) is 11.6 Å². The molecule has 3 rings (SSSR count). The van der Waals surface area contributed by atoms with Gasteiger partial charge in [0.2, 0.25) is 0 Å². The van der Waals surface area contributed by atoms with Crippen LogP contribution in [0.1, 0.15) is 17.2 Å². The van der Waals surface area contributed by atoms with Gasteiger partial charge in [0.15, 0.2) is 0 Å². The van der Waals surface area contributed by atoms with Crippen LogP contribution in [0.2, 0.25) is 5.02 Å². The predicted octanol–water partition coefficient (Wildman–Crippen LogP) is 3.73. The summed E-state index contributed by atoms with van der Waals surface area (Å²) < 4.78 is 1.95. The molecule has 0 fully saturated rings. The number of para-hydroxylation sites is 2. The first kappa shape index (κ1) is 13.2. The van der Waals surface area contributed by atoms with Gasteiger partial charge in [-0.1, -0.05) is 35.9 Å². The number of aliphatic hydroxyl groups excluding tert-OH is 1. The van der Waals surface area contributed by atoms with Gasteiger partial charge in [-0.25, -0.2) is 4.98 Å². The zero-order chi connectivity index (χ0) is 14.1. The van der Waals surface area contributed by atoms with E-state index in [0.29, 0.717) is 11.6 Å². The molecule has 3 nitrogen and oxygen atoms in total. The van der Waals surface area contributed by atoms with Crippen LogP contribution in [0, 0.1) is 6.92 Å². The maximum atomic E-state index is 10.4. The average Bonchev–Trinajstić information content (AvgIpc) is 2.85. The lowest BCUT2D eigenvalue weighted by molar-refractivity contribution is 0.158. The molecular formula is C16H15ClN2O. The first-order valence-corrected chi connectivity index (χ1v) is 6.87. The molecule has 0 radical (unpaired) electrons. The largest absolute Gasteiger partial charge is 0.387 e. The summed E-state index contributed by atoms with van der Waals surface area (Å²) in [6, 6.07) is 13.5. The normalized spacial score (nSPS) is 12.8. The lowest BCUT2D eigenvalue weighted by atomic mass is 10.1. The predicted molar refractivity (Wildman–Crippen MR) is 80.9 cm³/mol. The molecule has 2 aromatic carbocycles. The zero-order valence-corrected chi connectivity index (χ0v) is 11.9. The SMILES string of the molecule is Cc1ccc(C(O)Cn2cnc3ccccc32)cc1Cl. The minimum absolute atomic E-state index is 0.458. The van der Waals surface area contributed by atoms with Crippen LogP contribution >= 0.6 is 11.6 Å². The van der Waals surface area contributed by atoms with Gasteiger partial charge in [-0.05, 0) is 36.2 Å². The van der Waals surface area contributed by atoms with Crippen LogP contribution in [0.25, 0.3) is 11.0 Å². The van der Waals surface area contributed by atoms with Crippen molar-refractivity contribution in [2.75, 3.05) is 0 Å². The molecule has 0 aliphatic carbocycles. The molecule has 0 spiro atoms. The first-order chi connectivity index (χ1) is 9.65. The van der Waals surface area contributed by atoms with Crippen LogP contribution in [0.5, 0.6) is 0 Å². The minimum Gasteiger partial charge on any atom is -0.387 e. The molecule has 1 heterocycles. The van der Waals surface area contributed by atoms with Crippen molar-refractivity contribution in [3.05, 3.63) is 64.9 Å². The highest BCUT2D eigenvalue weighted by atomic mass is 35.5. The Kier molecular flexibility index (Phi) is 3.47. The molecule has 20 heavy (non-hydrogen) atoms. The maximum Gasteiger partial charge on any atom is 0.0970 e. The van der Waals surface area contributed by atoms with E-state index in [2.05, 4.69) is 4.98 Å². The van der Waals surface area contributed by atoms with Gasteiger partial charge in [-0.3, -0.25) is 0 Å². The summed E-state index contributed by atoms with van der Waals surface area (Å²) in [6.07, 6.45) is 1.15. The fourth-order valence-corrected chi connectivity index (χ4v) is 2.45. The smallest absolute Gasteiger partial charge is 0.0970 e. The number of aryl methyl sites for hydroxylation is 1. The summed E-state index contributed by atoms with van der Waals surface area (Å²) in [4.78, 5) is 4.32. The Bertz CT molecular complexity index is 751. The molecule has 3 aromatic rings. The zero-order valence-electron chi connectivity index (χ0n) is 11.1. The third-order valence-electron chi connectivity index (χ3n) is 3.48. The van der Waals surface area contributed by atoms with Gasteiger partial charge in [0, 0.05) is 5.02 Å². The second kappa shape index (κ2) is 5.27. The van der Waals surface area contributed by atoms with Crippen LogP contribution in [0.15, 0.2) is 48.8 Å². The minimum atomic E-state index is -0.606. The number of hydrogen-bond acceptors (Lipinski definition) is 2. The first-order valence-electron chi connectivity index (χ1n) is 6.49. The summed E-state index contributed by atoms with van der Waals surface area (Å²) in [5.74, 6) is 0. The van der Waals surface area contributed by atoms with E-state index in [9.17, 15) is 5.11 Å². The van der Waals surface area contributed by atoms with Gasteiger partial charge in [0.05, 0.1) is 30.0 Å². The Balaban J connectivity index is 1.88. The molecule has 0 saturated carbocycles. The number of aromatic nitrogens is 2. The highest BCUT2D eigenvalue weighted by Gasteiger charge is 2.11. The summed E-state index contributed by atoms with van der Waals surface area (Å²) >= 11 is 6.10. The van der Waals surface area contributed by atoms with E-state index < -0.39 is 6.10 Å². The van der Waals surface area contributed by atoms with E-state index in [1.54, 1.807) is 6.33 Å². The second-order valence-corrected chi connectivity index (χ2v) is 5.32. The highest BCUT2D eigenvalue weighted by molar-refractivity contribution is 6.31. The summed E-state index contributed by atoms with van der Waals surface area (Å²) in [5.41, 5.74) is 3.78. The lowest BCUT2D eigenvalue weighted by Gasteiger charge is -2.13. The molecule has 102 valence electrons. The van der Waals surface area contributed by atoms with Crippen LogP contribution in [-0.2, 0) is 6.54 Å². The molecule has 0 aliphatic heterocycles. The van der Waals surface area contributed by atoms with E-state index in [0.717, 1.165) is 22.2 Å².